The lowest BCUT2D eigenvalue weighted by molar-refractivity contribution is -0.136. The van der Waals surface area contributed by atoms with Crippen LogP contribution in [0.3, 0.4) is 0 Å². The van der Waals surface area contributed by atoms with Crippen LogP contribution in [0, 0.1) is 13.8 Å². The first-order valence-corrected chi connectivity index (χ1v) is 7.69. The van der Waals surface area contributed by atoms with E-state index in [1.807, 2.05) is 41.6 Å². The summed E-state index contributed by atoms with van der Waals surface area (Å²) in [6, 6.07) is 6.21. The molecular weight excluding hydrogens is 292 g/mol. The fourth-order valence-corrected chi connectivity index (χ4v) is 3.08. The van der Waals surface area contributed by atoms with Gasteiger partial charge < -0.3 is 4.90 Å². The van der Waals surface area contributed by atoms with Gasteiger partial charge in [0.2, 0.25) is 5.91 Å². The third-order valence-corrected chi connectivity index (χ3v) is 4.33. The summed E-state index contributed by atoms with van der Waals surface area (Å²) in [5.74, 6) is 1.83. The molecule has 4 rings (SSSR count). The molecule has 0 saturated carbocycles. The van der Waals surface area contributed by atoms with E-state index in [0.29, 0.717) is 19.5 Å². The van der Waals surface area contributed by atoms with Crippen molar-refractivity contribution in [1.82, 2.24) is 29.9 Å². The lowest BCUT2D eigenvalue weighted by Gasteiger charge is -2.39. The van der Waals surface area contributed by atoms with E-state index in [1.54, 1.807) is 6.20 Å². The average Bonchev–Trinajstić information content (AvgIpc) is 3.03. The zero-order valence-electron chi connectivity index (χ0n) is 13.2. The van der Waals surface area contributed by atoms with Gasteiger partial charge in [-0.25, -0.2) is 9.67 Å². The maximum Gasteiger partial charge on any atom is 0.227 e. The molecular formula is C16H18N6O. The second kappa shape index (κ2) is 5.19. The van der Waals surface area contributed by atoms with E-state index in [1.165, 1.54) is 0 Å². The summed E-state index contributed by atoms with van der Waals surface area (Å²) >= 11 is 0. The van der Waals surface area contributed by atoms with Crippen LogP contribution in [0.15, 0.2) is 24.4 Å². The maximum atomic E-state index is 12.4. The fourth-order valence-electron chi connectivity index (χ4n) is 3.08. The Morgan fingerprint density at radius 3 is 2.91 bits per heavy atom. The zero-order chi connectivity index (χ0) is 16.0. The first-order valence-electron chi connectivity index (χ1n) is 7.69. The van der Waals surface area contributed by atoms with Crippen LogP contribution in [0.25, 0.3) is 10.9 Å². The van der Waals surface area contributed by atoms with Crippen LogP contribution in [0.5, 0.6) is 0 Å². The molecule has 1 aromatic carbocycles. The number of rotatable bonds is 3. The third-order valence-electron chi connectivity index (χ3n) is 4.33. The number of H-pyrrole nitrogens is 1. The summed E-state index contributed by atoms with van der Waals surface area (Å²) < 4.78 is 1.93. The second-order valence-corrected chi connectivity index (χ2v) is 6.07. The molecule has 0 radical (unpaired) electrons. The van der Waals surface area contributed by atoms with Gasteiger partial charge in [0.25, 0.3) is 0 Å². The van der Waals surface area contributed by atoms with Crippen LogP contribution in [-0.4, -0.2) is 48.9 Å². The van der Waals surface area contributed by atoms with Crippen LogP contribution in [-0.2, 0) is 11.2 Å². The van der Waals surface area contributed by atoms with Crippen molar-refractivity contribution in [3.05, 3.63) is 41.6 Å². The van der Waals surface area contributed by atoms with E-state index < -0.39 is 0 Å². The lowest BCUT2D eigenvalue weighted by atomic mass is 10.1. The van der Waals surface area contributed by atoms with Crippen molar-refractivity contribution >= 4 is 16.8 Å². The summed E-state index contributed by atoms with van der Waals surface area (Å²) in [6.07, 6.45) is 2.19. The normalized spacial score (nSPS) is 15.1. The molecule has 0 unspecified atom stereocenters. The quantitative estimate of drug-likeness (QED) is 0.793. The molecule has 7 nitrogen and oxygen atoms in total. The number of aromatic nitrogens is 5. The minimum Gasteiger partial charge on any atom is -0.338 e. The number of aromatic amines is 1. The topological polar surface area (TPSA) is 79.7 Å². The Hall–Kier alpha value is -2.70. The van der Waals surface area contributed by atoms with Crippen LogP contribution < -0.4 is 0 Å². The van der Waals surface area contributed by atoms with Crippen molar-refractivity contribution in [2.24, 2.45) is 0 Å². The molecule has 118 valence electrons. The Balaban J connectivity index is 1.40. The highest BCUT2D eigenvalue weighted by molar-refractivity contribution is 5.83. The molecule has 1 N–H and O–H groups in total. The van der Waals surface area contributed by atoms with E-state index >= 15 is 0 Å². The predicted molar refractivity (Wildman–Crippen MR) is 84.9 cm³/mol. The number of nitrogens with one attached hydrogen (secondary N) is 1. The highest BCUT2D eigenvalue weighted by Gasteiger charge is 2.33. The lowest BCUT2D eigenvalue weighted by Crippen LogP contribution is -2.51. The largest absolute Gasteiger partial charge is 0.338 e. The predicted octanol–water partition coefficient (Wildman–Crippen LogP) is 1.40. The minimum atomic E-state index is 0.148. The Morgan fingerprint density at radius 1 is 1.35 bits per heavy atom. The number of hydrogen-bond donors (Lipinski definition) is 1. The van der Waals surface area contributed by atoms with Gasteiger partial charge in [-0.05, 0) is 25.5 Å². The van der Waals surface area contributed by atoms with E-state index in [0.717, 1.165) is 28.1 Å². The Morgan fingerprint density at radius 2 is 2.17 bits per heavy atom. The van der Waals surface area contributed by atoms with Crippen LogP contribution in [0.2, 0.25) is 0 Å². The number of fused-ring (bicyclic) bond motifs is 1. The molecule has 0 bridgehead atoms. The van der Waals surface area contributed by atoms with Gasteiger partial charge >= 0.3 is 0 Å². The van der Waals surface area contributed by atoms with Crippen molar-refractivity contribution in [3.63, 3.8) is 0 Å². The molecule has 0 spiro atoms. The average molecular weight is 310 g/mol. The van der Waals surface area contributed by atoms with E-state index in [9.17, 15) is 4.79 Å². The molecule has 7 heteroatoms. The van der Waals surface area contributed by atoms with Crippen molar-refractivity contribution in [3.8, 4) is 0 Å². The molecule has 3 aromatic rings. The maximum absolute atomic E-state index is 12.4. The fraction of sp³-hybridized carbons (Fsp3) is 0.375. The number of hydrogen-bond acceptors (Lipinski definition) is 4. The summed E-state index contributed by atoms with van der Waals surface area (Å²) in [7, 11) is 0. The molecule has 1 fully saturated rings. The molecule has 1 saturated heterocycles. The van der Waals surface area contributed by atoms with E-state index in [2.05, 4.69) is 20.3 Å². The van der Waals surface area contributed by atoms with Gasteiger partial charge in [-0.3, -0.25) is 9.89 Å². The molecule has 2 aromatic heterocycles. The highest BCUT2D eigenvalue weighted by atomic mass is 16.2. The van der Waals surface area contributed by atoms with Gasteiger partial charge in [-0.2, -0.15) is 10.2 Å². The Bertz CT molecular complexity index is 874. The zero-order valence-corrected chi connectivity index (χ0v) is 13.2. The molecule has 0 aliphatic carbocycles. The van der Waals surface area contributed by atoms with Gasteiger partial charge in [0.05, 0.1) is 24.2 Å². The van der Waals surface area contributed by atoms with Crippen molar-refractivity contribution in [2.75, 3.05) is 13.1 Å². The molecule has 23 heavy (non-hydrogen) atoms. The smallest absolute Gasteiger partial charge is 0.227 e. The van der Waals surface area contributed by atoms with Gasteiger partial charge in [0.15, 0.2) is 0 Å². The Labute approximate surface area is 133 Å². The summed E-state index contributed by atoms with van der Waals surface area (Å²) in [5, 5.41) is 12.4. The number of amides is 1. The number of likely N-dealkylation sites (tertiary alicyclic amines) is 1. The van der Waals surface area contributed by atoms with Gasteiger partial charge in [-0.15, -0.1) is 0 Å². The first kappa shape index (κ1) is 13.9. The Kier molecular flexibility index (Phi) is 3.14. The number of aryl methyl sites for hydroxylation is 2. The molecule has 3 heterocycles. The summed E-state index contributed by atoms with van der Waals surface area (Å²) in [5.41, 5.74) is 1.97. The summed E-state index contributed by atoms with van der Waals surface area (Å²) in [6.45, 7) is 5.24. The number of benzene rings is 1. The minimum absolute atomic E-state index is 0.148. The van der Waals surface area contributed by atoms with Gasteiger partial charge in [-0.1, -0.05) is 12.1 Å². The van der Waals surface area contributed by atoms with Gasteiger partial charge in [0, 0.05) is 18.5 Å². The number of nitrogens with zero attached hydrogens (tertiary/aromatic N) is 5. The van der Waals surface area contributed by atoms with Crippen LogP contribution in [0.1, 0.15) is 23.3 Å². The molecule has 1 aliphatic heterocycles. The first-order chi connectivity index (χ1) is 11.1. The van der Waals surface area contributed by atoms with Crippen molar-refractivity contribution in [2.45, 2.75) is 26.3 Å². The van der Waals surface area contributed by atoms with E-state index in [4.69, 9.17) is 0 Å². The van der Waals surface area contributed by atoms with Crippen molar-refractivity contribution in [1.29, 1.82) is 0 Å². The highest BCUT2D eigenvalue weighted by Crippen LogP contribution is 2.23. The third kappa shape index (κ3) is 2.48. The number of carbonyl (C=O) groups excluding carboxylic acids is 1. The number of carbonyl (C=O) groups is 1. The van der Waals surface area contributed by atoms with Crippen molar-refractivity contribution < 1.29 is 4.79 Å². The second-order valence-electron chi connectivity index (χ2n) is 6.07. The SMILES string of the molecule is Cc1nc(C)n(C2CN(C(=O)Cc3ccc4cn[nH]c4c3)C2)n1. The van der Waals surface area contributed by atoms with E-state index in [-0.39, 0.29) is 11.9 Å². The monoisotopic (exact) mass is 310 g/mol. The van der Waals surface area contributed by atoms with Crippen LogP contribution >= 0.6 is 0 Å². The molecule has 0 atom stereocenters. The molecule has 1 aliphatic rings. The summed E-state index contributed by atoms with van der Waals surface area (Å²) in [4.78, 5) is 18.6. The van der Waals surface area contributed by atoms with Gasteiger partial charge in [0.1, 0.15) is 11.6 Å². The molecule has 1 amide bonds. The standard InChI is InChI=1S/C16H18N6O/c1-10-18-11(2)22(20-10)14-8-21(9-14)16(23)6-12-3-4-13-7-17-19-15(13)5-12/h3-5,7,14H,6,8-9H2,1-2H3,(H,17,19). The van der Waals surface area contributed by atoms with Crippen LogP contribution in [0.4, 0.5) is 0 Å².